The van der Waals surface area contributed by atoms with Crippen molar-refractivity contribution in [3.63, 3.8) is 0 Å². The molecule has 0 saturated carbocycles. The van der Waals surface area contributed by atoms with Crippen LogP contribution in [0, 0.1) is 0 Å². The molecule has 20 heavy (non-hydrogen) atoms. The van der Waals surface area contributed by atoms with Gasteiger partial charge in [-0.25, -0.2) is 0 Å². The summed E-state index contributed by atoms with van der Waals surface area (Å²) in [6.45, 7) is 0.963. The van der Waals surface area contributed by atoms with Gasteiger partial charge in [0.25, 0.3) is 0 Å². The summed E-state index contributed by atoms with van der Waals surface area (Å²) in [4.78, 5) is 0. The Morgan fingerprint density at radius 2 is 1.65 bits per heavy atom. The van der Waals surface area contributed by atoms with E-state index in [1.807, 2.05) is 12.1 Å². The highest BCUT2D eigenvalue weighted by molar-refractivity contribution is 6.42. The summed E-state index contributed by atoms with van der Waals surface area (Å²) in [5.74, 6) is 1.19. The molecule has 5 heteroatoms. The highest BCUT2D eigenvalue weighted by atomic mass is 35.5. The minimum absolute atomic E-state index is 0.344. The minimum atomic E-state index is -0.919. The van der Waals surface area contributed by atoms with E-state index in [2.05, 4.69) is 0 Å². The summed E-state index contributed by atoms with van der Waals surface area (Å²) in [5, 5.41) is 11.3. The molecular formula is C15H12Cl2O3. The Morgan fingerprint density at radius 3 is 2.50 bits per heavy atom. The molecule has 2 aromatic carbocycles. The van der Waals surface area contributed by atoms with E-state index in [1.54, 1.807) is 24.3 Å². The predicted octanol–water partition coefficient (Wildman–Crippen LogP) is 3.85. The van der Waals surface area contributed by atoms with Crippen molar-refractivity contribution in [2.24, 2.45) is 0 Å². The van der Waals surface area contributed by atoms with Gasteiger partial charge in [-0.3, -0.25) is 0 Å². The molecule has 0 bridgehead atoms. The van der Waals surface area contributed by atoms with Gasteiger partial charge in [-0.15, -0.1) is 0 Å². The van der Waals surface area contributed by atoms with Crippen LogP contribution in [-0.4, -0.2) is 18.3 Å². The number of para-hydroxylation sites is 1. The van der Waals surface area contributed by atoms with E-state index in [0.717, 1.165) is 0 Å². The number of aliphatic hydroxyl groups excluding tert-OH is 1. The first-order valence-electron chi connectivity index (χ1n) is 6.19. The van der Waals surface area contributed by atoms with Gasteiger partial charge in [0.15, 0.2) is 11.5 Å². The third kappa shape index (κ3) is 2.33. The van der Waals surface area contributed by atoms with Crippen LogP contribution >= 0.6 is 23.2 Å². The lowest BCUT2D eigenvalue weighted by Gasteiger charge is -2.23. The van der Waals surface area contributed by atoms with E-state index in [1.165, 1.54) is 0 Å². The molecule has 1 unspecified atom stereocenters. The molecule has 0 saturated heterocycles. The third-order valence-corrected chi connectivity index (χ3v) is 4.00. The van der Waals surface area contributed by atoms with Crippen LogP contribution in [0.15, 0.2) is 36.4 Å². The summed E-state index contributed by atoms with van der Waals surface area (Å²) in [5.41, 5.74) is 1.16. The maximum absolute atomic E-state index is 10.6. The normalized spacial score (nSPS) is 14.9. The summed E-state index contributed by atoms with van der Waals surface area (Å²) < 4.78 is 11.1. The zero-order chi connectivity index (χ0) is 14.1. The van der Waals surface area contributed by atoms with Crippen LogP contribution < -0.4 is 9.47 Å². The van der Waals surface area contributed by atoms with Gasteiger partial charge in [-0.05, 0) is 12.1 Å². The third-order valence-electron chi connectivity index (χ3n) is 3.17. The van der Waals surface area contributed by atoms with E-state index >= 15 is 0 Å². The van der Waals surface area contributed by atoms with Gasteiger partial charge in [0.1, 0.15) is 19.3 Å². The molecule has 1 aliphatic heterocycles. The van der Waals surface area contributed by atoms with Crippen molar-refractivity contribution in [2.45, 2.75) is 6.10 Å². The second-order valence-corrected chi connectivity index (χ2v) is 5.20. The monoisotopic (exact) mass is 310 g/mol. The van der Waals surface area contributed by atoms with Crippen molar-refractivity contribution in [2.75, 3.05) is 13.2 Å². The van der Waals surface area contributed by atoms with Crippen LogP contribution in [0.25, 0.3) is 0 Å². The van der Waals surface area contributed by atoms with Crippen molar-refractivity contribution in [1.29, 1.82) is 0 Å². The standard InChI is InChI=1S/C15H12Cl2O3/c16-11-5-1-3-9(13(11)17)14(18)10-4-2-6-12-15(10)20-8-7-19-12/h1-6,14,18H,7-8H2. The second kappa shape index (κ2) is 5.52. The lowest BCUT2D eigenvalue weighted by atomic mass is 10.00. The van der Waals surface area contributed by atoms with Crippen LogP contribution in [0.1, 0.15) is 17.2 Å². The molecule has 0 spiro atoms. The fourth-order valence-corrected chi connectivity index (χ4v) is 2.62. The highest BCUT2D eigenvalue weighted by Gasteiger charge is 2.23. The molecular weight excluding hydrogens is 299 g/mol. The van der Waals surface area contributed by atoms with Crippen LogP contribution in [0.4, 0.5) is 0 Å². The maximum Gasteiger partial charge on any atom is 0.167 e. The molecule has 1 N–H and O–H groups in total. The fourth-order valence-electron chi connectivity index (χ4n) is 2.21. The van der Waals surface area contributed by atoms with Crippen LogP contribution in [0.5, 0.6) is 11.5 Å². The van der Waals surface area contributed by atoms with Gasteiger partial charge in [0, 0.05) is 11.1 Å². The number of benzene rings is 2. The molecule has 3 rings (SSSR count). The van der Waals surface area contributed by atoms with Gasteiger partial charge < -0.3 is 14.6 Å². The Hall–Kier alpha value is -1.42. The Bertz CT molecular complexity index is 643. The Labute approximate surface area is 126 Å². The van der Waals surface area contributed by atoms with E-state index in [0.29, 0.717) is 45.9 Å². The highest BCUT2D eigenvalue weighted by Crippen LogP contribution is 2.41. The minimum Gasteiger partial charge on any atom is -0.486 e. The van der Waals surface area contributed by atoms with Gasteiger partial charge in [-0.2, -0.15) is 0 Å². The lowest BCUT2D eigenvalue weighted by molar-refractivity contribution is 0.158. The number of aliphatic hydroxyl groups is 1. The van der Waals surface area contributed by atoms with E-state index in [4.69, 9.17) is 32.7 Å². The largest absolute Gasteiger partial charge is 0.486 e. The van der Waals surface area contributed by atoms with E-state index in [-0.39, 0.29) is 0 Å². The van der Waals surface area contributed by atoms with Crippen LogP contribution in [-0.2, 0) is 0 Å². The summed E-state index contributed by atoms with van der Waals surface area (Å²) in [6, 6.07) is 10.6. The number of hydrogen-bond donors (Lipinski definition) is 1. The predicted molar refractivity (Wildman–Crippen MR) is 78.0 cm³/mol. The quantitative estimate of drug-likeness (QED) is 0.915. The summed E-state index contributed by atoms with van der Waals surface area (Å²) in [7, 11) is 0. The molecule has 0 aromatic heterocycles. The number of ether oxygens (including phenoxy) is 2. The molecule has 0 aliphatic carbocycles. The maximum atomic E-state index is 10.6. The van der Waals surface area contributed by atoms with Crippen molar-refractivity contribution < 1.29 is 14.6 Å². The van der Waals surface area contributed by atoms with Gasteiger partial charge in [-0.1, -0.05) is 47.5 Å². The van der Waals surface area contributed by atoms with E-state index in [9.17, 15) is 5.11 Å². The molecule has 0 radical (unpaired) electrons. The molecule has 1 aliphatic rings. The number of fused-ring (bicyclic) bond motifs is 1. The zero-order valence-electron chi connectivity index (χ0n) is 10.5. The summed E-state index contributed by atoms with van der Waals surface area (Å²) in [6.07, 6.45) is -0.919. The molecule has 1 atom stereocenters. The zero-order valence-corrected chi connectivity index (χ0v) is 12.0. The first-order chi connectivity index (χ1) is 9.68. The van der Waals surface area contributed by atoms with Gasteiger partial charge in [0.05, 0.1) is 10.0 Å². The average molecular weight is 311 g/mol. The van der Waals surface area contributed by atoms with Crippen LogP contribution in [0.3, 0.4) is 0 Å². The SMILES string of the molecule is OC(c1cccc(Cl)c1Cl)c1cccc2c1OCCO2. The van der Waals surface area contributed by atoms with Crippen molar-refractivity contribution in [3.8, 4) is 11.5 Å². The lowest BCUT2D eigenvalue weighted by Crippen LogP contribution is -2.17. The molecule has 0 fully saturated rings. The topological polar surface area (TPSA) is 38.7 Å². The molecule has 0 amide bonds. The van der Waals surface area contributed by atoms with Crippen molar-refractivity contribution in [3.05, 3.63) is 57.6 Å². The number of halogens is 2. The Morgan fingerprint density at radius 1 is 0.950 bits per heavy atom. The first kappa shape index (κ1) is 13.6. The smallest absolute Gasteiger partial charge is 0.167 e. The van der Waals surface area contributed by atoms with Crippen molar-refractivity contribution in [1.82, 2.24) is 0 Å². The van der Waals surface area contributed by atoms with Gasteiger partial charge in [0.2, 0.25) is 0 Å². The average Bonchev–Trinajstić information content (AvgIpc) is 2.49. The first-order valence-corrected chi connectivity index (χ1v) is 6.94. The number of hydrogen-bond acceptors (Lipinski definition) is 3. The fraction of sp³-hybridized carbons (Fsp3) is 0.200. The van der Waals surface area contributed by atoms with E-state index < -0.39 is 6.10 Å². The van der Waals surface area contributed by atoms with Crippen molar-refractivity contribution >= 4 is 23.2 Å². The Kier molecular flexibility index (Phi) is 3.74. The molecule has 104 valence electrons. The number of rotatable bonds is 2. The molecule has 3 nitrogen and oxygen atoms in total. The van der Waals surface area contributed by atoms with Crippen LogP contribution in [0.2, 0.25) is 10.0 Å². The van der Waals surface area contributed by atoms with Gasteiger partial charge >= 0.3 is 0 Å². The second-order valence-electron chi connectivity index (χ2n) is 4.42. The summed E-state index contributed by atoms with van der Waals surface area (Å²) >= 11 is 12.1. The molecule has 1 heterocycles. The Balaban J connectivity index is 2.07. The molecule has 2 aromatic rings.